The van der Waals surface area contributed by atoms with Crippen LogP contribution in [-0.4, -0.2) is 48.5 Å². The molecule has 0 amide bonds. The molecule has 4 nitrogen and oxygen atoms in total. The molecule has 1 unspecified atom stereocenters. The van der Waals surface area contributed by atoms with Crippen molar-refractivity contribution in [1.82, 2.24) is 4.90 Å². The molecule has 0 aromatic heterocycles. The highest BCUT2D eigenvalue weighted by molar-refractivity contribution is 5.56. The smallest absolute Gasteiger partial charge is 0.161 e. The monoisotopic (exact) mass is 387 g/mol. The Morgan fingerprint density at radius 1 is 1.18 bits per heavy atom. The van der Waals surface area contributed by atoms with Crippen LogP contribution < -0.4 is 4.74 Å². The van der Waals surface area contributed by atoms with Crippen molar-refractivity contribution in [2.75, 3.05) is 27.3 Å². The molecule has 1 saturated heterocycles. The first kappa shape index (κ1) is 20.0. The number of likely N-dealkylation sites (tertiary alicyclic amines) is 1. The SMILES string of the molecule is COc1ccc2c(c1O)[C@]13CCN(C)[C@@H](C2)[C@@H]1CCC(CCCCCCO)C3. The number of aromatic hydroxyl groups is 1. The Hall–Kier alpha value is -1.26. The standard InChI is InChI=1S/C24H37NO3/c1-25-13-12-24-16-17(7-5-3-4-6-14-26)8-10-19(24)20(25)15-18-9-11-21(28-2)23(27)22(18)24/h9,11,17,19-20,26-27H,3-8,10,12-16H2,1-2H3/t17?,19-,20-,24-/m0/s1. The van der Waals surface area contributed by atoms with E-state index < -0.39 is 0 Å². The lowest BCUT2D eigenvalue weighted by molar-refractivity contribution is -0.0164. The quantitative estimate of drug-likeness (QED) is 0.687. The van der Waals surface area contributed by atoms with E-state index in [4.69, 9.17) is 9.84 Å². The van der Waals surface area contributed by atoms with E-state index in [1.54, 1.807) is 7.11 Å². The fourth-order valence-corrected chi connectivity index (χ4v) is 6.74. The van der Waals surface area contributed by atoms with Gasteiger partial charge in [-0.2, -0.15) is 0 Å². The third-order valence-electron chi connectivity index (χ3n) is 8.08. The van der Waals surface area contributed by atoms with Gasteiger partial charge < -0.3 is 19.8 Å². The van der Waals surface area contributed by atoms with Crippen LogP contribution in [-0.2, 0) is 11.8 Å². The Kier molecular flexibility index (Phi) is 5.89. The van der Waals surface area contributed by atoms with E-state index in [0.29, 0.717) is 30.1 Å². The van der Waals surface area contributed by atoms with Gasteiger partial charge in [0.25, 0.3) is 0 Å². The van der Waals surface area contributed by atoms with Crippen molar-refractivity contribution in [3.8, 4) is 11.5 Å². The molecule has 4 rings (SSSR count). The number of piperidine rings is 1. The minimum atomic E-state index is 0.122. The average Bonchev–Trinajstić information content (AvgIpc) is 2.70. The number of hydrogen-bond acceptors (Lipinski definition) is 4. The minimum absolute atomic E-state index is 0.122. The van der Waals surface area contributed by atoms with E-state index in [2.05, 4.69) is 18.0 Å². The number of methoxy groups -OCH3 is 1. The zero-order chi connectivity index (χ0) is 19.7. The molecular weight excluding hydrogens is 350 g/mol. The summed E-state index contributed by atoms with van der Waals surface area (Å²) >= 11 is 0. The number of fused-ring (bicyclic) bond motifs is 1. The molecule has 2 N–H and O–H groups in total. The van der Waals surface area contributed by atoms with Crippen LogP contribution in [0.5, 0.6) is 11.5 Å². The zero-order valence-corrected chi connectivity index (χ0v) is 17.6. The van der Waals surface area contributed by atoms with E-state index in [1.165, 1.54) is 49.7 Å². The highest BCUT2D eigenvalue weighted by atomic mass is 16.5. The number of aliphatic hydroxyl groups is 1. The summed E-state index contributed by atoms with van der Waals surface area (Å²) in [7, 11) is 3.95. The number of aliphatic hydroxyl groups excluding tert-OH is 1. The largest absolute Gasteiger partial charge is 0.504 e. The third-order valence-corrected chi connectivity index (χ3v) is 8.08. The molecule has 0 spiro atoms. The Balaban J connectivity index is 1.61. The van der Waals surface area contributed by atoms with Crippen LogP contribution in [0.25, 0.3) is 0 Å². The first-order valence-corrected chi connectivity index (χ1v) is 11.3. The summed E-state index contributed by atoms with van der Waals surface area (Å²) in [6, 6.07) is 4.76. The van der Waals surface area contributed by atoms with Crippen molar-refractivity contribution in [2.24, 2.45) is 11.8 Å². The molecule has 2 fully saturated rings. The van der Waals surface area contributed by atoms with E-state index >= 15 is 0 Å². The zero-order valence-electron chi connectivity index (χ0n) is 17.6. The summed E-state index contributed by atoms with van der Waals surface area (Å²) < 4.78 is 5.49. The summed E-state index contributed by atoms with van der Waals surface area (Å²) in [5, 5.41) is 20.1. The van der Waals surface area contributed by atoms with Gasteiger partial charge in [0.2, 0.25) is 0 Å². The first-order valence-electron chi connectivity index (χ1n) is 11.3. The molecule has 1 aromatic carbocycles. The topological polar surface area (TPSA) is 52.9 Å². The molecule has 1 aromatic rings. The molecule has 156 valence electrons. The van der Waals surface area contributed by atoms with Gasteiger partial charge in [-0.25, -0.2) is 0 Å². The molecule has 4 heteroatoms. The minimum Gasteiger partial charge on any atom is -0.504 e. The molecule has 1 saturated carbocycles. The van der Waals surface area contributed by atoms with E-state index in [0.717, 1.165) is 38.1 Å². The highest BCUT2D eigenvalue weighted by Crippen LogP contribution is 2.60. The summed E-state index contributed by atoms with van der Waals surface area (Å²) in [6.07, 6.45) is 11.9. The Bertz CT molecular complexity index is 691. The van der Waals surface area contributed by atoms with Crippen molar-refractivity contribution >= 4 is 0 Å². The summed E-state index contributed by atoms with van der Waals surface area (Å²) in [4.78, 5) is 2.57. The molecule has 1 aliphatic heterocycles. The predicted octanol–water partition coefficient (Wildman–Crippen LogP) is 4.26. The van der Waals surface area contributed by atoms with Gasteiger partial charge >= 0.3 is 0 Å². The van der Waals surface area contributed by atoms with Gasteiger partial charge in [-0.15, -0.1) is 0 Å². The molecule has 4 atom stereocenters. The van der Waals surface area contributed by atoms with Crippen LogP contribution in [0.1, 0.15) is 68.9 Å². The lowest BCUT2D eigenvalue weighted by atomic mass is 9.50. The van der Waals surface area contributed by atoms with Crippen LogP contribution in [0.15, 0.2) is 12.1 Å². The van der Waals surface area contributed by atoms with Crippen molar-refractivity contribution in [3.05, 3.63) is 23.3 Å². The summed E-state index contributed by atoms with van der Waals surface area (Å²) in [6.45, 7) is 1.45. The van der Waals surface area contributed by atoms with Gasteiger partial charge in [-0.1, -0.05) is 38.2 Å². The van der Waals surface area contributed by atoms with Crippen LogP contribution in [0, 0.1) is 11.8 Å². The fourth-order valence-electron chi connectivity index (χ4n) is 6.74. The summed E-state index contributed by atoms with van der Waals surface area (Å²) in [5.74, 6) is 2.46. The maximum absolute atomic E-state index is 11.1. The van der Waals surface area contributed by atoms with Gasteiger partial charge in [-0.05, 0) is 69.2 Å². The number of rotatable bonds is 7. The lowest BCUT2D eigenvalue weighted by Gasteiger charge is -2.59. The Morgan fingerprint density at radius 3 is 2.79 bits per heavy atom. The van der Waals surface area contributed by atoms with Crippen molar-refractivity contribution in [3.63, 3.8) is 0 Å². The maximum atomic E-state index is 11.1. The highest BCUT2D eigenvalue weighted by Gasteiger charge is 2.56. The molecule has 28 heavy (non-hydrogen) atoms. The normalized spacial score (nSPS) is 31.9. The van der Waals surface area contributed by atoms with Crippen LogP contribution in [0.4, 0.5) is 0 Å². The van der Waals surface area contributed by atoms with Crippen LogP contribution in [0.2, 0.25) is 0 Å². The Morgan fingerprint density at radius 2 is 2.00 bits per heavy atom. The van der Waals surface area contributed by atoms with E-state index in [9.17, 15) is 5.11 Å². The van der Waals surface area contributed by atoms with Gasteiger partial charge in [0, 0.05) is 23.6 Å². The molecule has 0 radical (unpaired) electrons. The van der Waals surface area contributed by atoms with Gasteiger partial charge in [-0.3, -0.25) is 0 Å². The van der Waals surface area contributed by atoms with Crippen molar-refractivity contribution in [1.29, 1.82) is 0 Å². The number of nitrogens with zero attached hydrogens (tertiary/aromatic N) is 1. The Labute approximate surface area is 169 Å². The number of likely N-dealkylation sites (N-methyl/N-ethyl adjacent to an activating group) is 1. The second kappa shape index (κ2) is 8.23. The molecule has 1 heterocycles. The third kappa shape index (κ3) is 3.33. The first-order chi connectivity index (χ1) is 13.6. The van der Waals surface area contributed by atoms with Gasteiger partial charge in [0.1, 0.15) is 0 Å². The van der Waals surface area contributed by atoms with Gasteiger partial charge in [0.05, 0.1) is 7.11 Å². The van der Waals surface area contributed by atoms with E-state index in [1.807, 2.05) is 6.07 Å². The number of benzene rings is 1. The van der Waals surface area contributed by atoms with Gasteiger partial charge in [0.15, 0.2) is 11.5 Å². The van der Waals surface area contributed by atoms with Crippen molar-refractivity contribution in [2.45, 2.75) is 75.7 Å². The van der Waals surface area contributed by atoms with Crippen LogP contribution in [0.3, 0.4) is 0 Å². The molecule has 2 aliphatic carbocycles. The number of ether oxygens (including phenoxy) is 1. The maximum Gasteiger partial charge on any atom is 0.161 e. The predicted molar refractivity (Wildman–Crippen MR) is 112 cm³/mol. The molecule has 2 bridgehead atoms. The second-order valence-electron chi connectivity index (χ2n) is 9.49. The number of hydrogen-bond donors (Lipinski definition) is 2. The fraction of sp³-hybridized carbons (Fsp3) is 0.750. The molecular formula is C24H37NO3. The second-order valence-corrected chi connectivity index (χ2v) is 9.49. The number of unbranched alkanes of at least 4 members (excludes halogenated alkanes) is 3. The number of phenols is 1. The molecule has 3 aliphatic rings. The average molecular weight is 388 g/mol. The van der Waals surface area contributed by atoms with E-state index in [-0.39, 0.29) is 5.41 Å². The number of phenolic OH excluding ortho intramolecular Hbond substituents is 1. The summed E-state index contributed by atoms with van der Waals surface area (Å²) in [5.41, 5.74) is 2.69. The van der Waals surface area contributed by atoms with Crippen LogP contribution >= 0.6 is 0 Å². The lowest BCUT2D eigenvalue weighted by Crippen LogP contribution is -2.60. The van der Waals surface area contributed by atoms with Crippen molar-refractivity contribution < 1.29 is 14.9 Å².